The zero-order valence-corrected chi connectivity index (χ0v) is 59.1. The van der Waals surface area contributed by atoms with E-state index in [0.29, 0.717) is 37.5 Å². The maximum Gasteiger partial charge on any atom is 0.472 e. The number of rotatable bonds is 66. The van der Waals surface area contributed by atoms with Gasteiger partial charge in [0.15, 0.2) is 12.2 Å². The number of aliphatic hydroxyl groups excluding tert-OH is 1. The first kappa shape index (κ1) is 86.1. The van der Waals surface area contributed by atoms with E-state index in [1.807, 2.05) is 0 Å². The fourth-order valence-electron chi connectivity index (χ4n) is 10.3. The second kappa shape index (κ2) is 58.8. The maximum atomic E-state index is 13.0. The molecular weight excluding hydrogens is 1160 g/mol. The minimum Gasteiger partial charge on any atom is -0.462 e. The molecule has 0 aromatic carbocycles. The zero-order chi connectivity index (χ0) is 65.4. The van der Waals surface area contributed by atoms with E-state index in [2.05, 4.69) is 55.4 Å². The number of phosphoric ester groups is 2. The largest absolute Gasteiger partial charge is 0.472 e. The van der Waals surface area contributed by atoms with Crippen LogP contribution in [0.3, 0.4) is 0 Å². The Kier molecular flexibility index (Phi) is 57.6. The van der Waals surface area contributed by atoms with E-state index in [0.717, 1.165) is 108 Å². The van der Waals surface area contributed by atoms with Gasteiger partial charge in [-0.05, 0) is 49.4 Å². The SMILES string of the molecule is CCC(C)CCCCCCCCCCCCC(=O)OC[C@H](COP(=O)(O)OC[C@@H](O)COP(=O)(O)OC[C@@H](COC(=O)CCCCCCCCC(C)C)OC(=O)CCCCCCCCCCCCCCC(C)C)OC(=O)CCCCCCCCCC(C)C. The summed E-state index contributed by atoms with van der Waals surface area (Å²) in [6.07, 6.45) is 40.5. The number of phosphoric acid groups is 2. The molecule has 0 aromatic heterocycles. The topological polar surface area (TPSA) is 237 Å². The number of aliphatic hydroxyl groups is 1. The Labute approximate surface area is 537 Å². The highest BCUT2D eigenvalue weighted by atomic mass is 31.2. The molecule has 6 atom stereocenters. The molecule has 3 unspecified atom stereocenters. The van der Waals surface area contributed by atoms with Crippen molar-refractivity contribution in [2.75, 3.05) is 39.6 Å². The summed E-state index contributed by atoms with van der Waals surface area (Å²) in [5, 5.41) is 10.6. The van der Waals surface area contributed by atoms with Gasteiger partial charge in [0.05, 0.1) is 26.4 Å². The average Bonchev–Trinajstić information content (AvgIpc) is 3.38. The van der Waals surface area contributed by atoms with Crippen molar-refractivity contribution in [1.29, 1.82) is 0 Å². The van der Waals surface area contributed by atoms with Crippen LogP contribution in [0.25, 0.3) is 0 Å². The molecule has 0 rings (SSSR count). The van der Waals surface area contributed by atoms with Crippen LogP contribution in [0.1, 0.15) is 338 Å². The molecule has 3 N–H and O–H groups in total. The Hall–Kier alpha value is -1.94. The number of carbonyl (C=O) groups excluding carboxylic acids is 4. The van der Waals surface area contributed by atoms with Gasteiger partial charge in [-0.1, -0.05) is 287 Å². The summed E-state index contributed by atoms with van der Waals surface area (Å²) in [5.74, 6) is 0.827. The molecule has 0 bridgehead atoms. The molecule has 0 heterocycles. The van der Waals surface area contributed by atoms with E-state index in [4.69, 9.17) is 37.0 Å². The quantitative estimate of drug-likeness (QED) is 0.0222. The molecule has 0 amide bonds. The van der Waals surface area contributed by atoms with E-state index in [1.165, 1.54) is 135 Å². The fourth-order valence-corrected chi connectivity index (χ4v) is 11.9. The third kappa shape index (κ3) is 61.6. The molecule has 0 radical (unpaired) electrons. The minimum absolute atomic E-state index is 0.103. The molecule has 0 saturated heterocycles. The molecule has 522 valence electrons. The Morgan fingerprint density at radius 2 is 0.545 bits per heavy atom. The molecule has 0 aliphatic heterocycles. The lowest BCUT2D eigenvalue weighted by molar-refractivity contribution is -0.161. The van der Waals surface area contributed by atoms with Crippen LogP contribution in [0.5, 0.6) is 0 Å². The van der Waals surface area contributed by atoms with Crippen molar-refractivity contribution in [2.24, 2.45) is 23.7 Å². The summed E-state index contributed by atoms with van der Waals surface area (Å²) in [7, 11) is -9.90. The Morgan fingerprint density at radius 3 is 0.807 bits per heavy atom. The lowest BCUT2D eigenvalue weighted by Gasteiger charge is -2.21. The van der Waals surface area contributed by atoms with Gasteiger partial charge in [-0.15, -0.1) is 0 Å². The monoisotopic (exact) mass is 1300 g/mol. The first-order chi connectivity index (χ1) is 42.1. The van der Waals surface area contributed by atoms with E-state index in [-0.39, 0.29) is 25.7 Å². The van der Waals surface area contributed by atoms with Gasteiger partial charge in [0.1, 0.15) is 19.3 Å². The van der Waals surface area contributed by atoms with Gasteiger partial charge >= 0.3 is 39.5 Å². The molecule has 0 aliphatic rings. The van der Waals surface area contributed by atoms with Crippen molar-refractivity contribution < 1.29 is 80.2 Å². The number of ether oxygens (including phenoxy) is 4. The summed E-state index contributed by atoms with van der Waals surface area (Å²) in [6.45, 7) is 14.0. The lowest BCUT2D eigenvalue weighted by Crippen LogP contribution is -2.30. The fraction of sp³-hybridized carbons (Fsp3) is 0.942. The number of esters is 4. The Balaban J connectivity index is 5.22. The van der Waals surface area contributed by atoms with Gasteiger partial charge in [-0.2, -0.15) is 0 Å². The number of hydrogen-bond donors (Lipinski definition) is 3. The third-order valence-electron chi connectivity index (χ3n) is 16.2. The normalized spacial score (nSPS) is 14.6. The van der Waals surface area contributed by atoms with Crippen molar-refractivity contribution in [3.05, 3.63) is 0 Å². The van der Waals surface area contributed by atoms with Crippen LogP contribution in [-0.2, 0) is 65.4 Å². The predicted molar refractivity (Wildman–Crippen MR) is 354 cm³/mol. The number of carbonyl (C=O) groups is 4. The van der Waals surface area contributed by atoms with Crippen molar-refractivity contribution in [3.63, 3.8) is 0 Å². The van der Waals surface area contributed by atoms with Crippen LogP contribution in [-0.4, -0.2) is 96.7 Å². The van der Waals surface area contributed by atoms with Gasteiger partial charge in [-0.3, -0.25) is 37.3 Å². The summed E-state index contributed by atoms with van der Waals surface area (Å²) in [5.41, 5.74) is 0. The van der Waals surface area contributed by atoms with Crippen LogP contribution in [0, 0.1) is 23.7 Å². The van der Waals surface area contributed by atoms with Crippen molar-refractivity contribution in [3.8, 4) is 0 Å². The van der Waals surface area contributed by atoms with E-state index in [9.17, 15) is 43.2 Å². The summed E-state index contributed by atoms with van der Waals surface area (Å²) < 4.78 is 68.2. The van der Waals surface area contributed by atoms with Crippen molar-refractivity contribution >= 4 is 39.5 Å². The molecule has 0 aliphatic carbocycles. The third-order valence-corrected chi connectivity index (χ3v) is 18.1. The Morgan fingerprint density at radius 1 is 0.318 bits per heavy atom. The van der Waals surface area contributed by atoms with Crippen LogP contribution < -0.4 is 0 Å². The second-order valence-corrected chi connectivity index (χ2v) is 29.5. The van der Waals surface area contributed by atoms with Gasteiger partial charge in [0.2, 0.25) is 0 Å². The summed E-state index contributed by atoms with van der Waals surface area (Å²) in [6, 6.07) is 0. The molecular formula is C69H134O17P2. The molecule has 0 aromatic rings. The molecule has 0 fully saturated rings. The second-order valence-electron chi connectivity index (χ2n) is 26.6. The average molecular weight is 1300 g/mol. The minimum atomic E-state index is -4.95. The first-order valence-electron chi connectivity index (χ1n) is 35.7. The maximum absolute atomic E-state index is 13.0. The summed E-state index contributed by atoms with van der Waals surface area (Å²) in [4.78, 5) is 72.4. The molecule has 0 saturated carbocycles. The van der Waals surface area contributed by atoms with Gasteiger partial charge in [0, 0.05) is 25.7 Å². The van der Waals surface area contributed by atoms with E-state index >= 15 is 0 Å². The van der Waals surface area contributed by atoms with E-state index in [1.54, 1.807) is 0 Å². The molecule has 17 nitrogen and oxygen atoms in total. The summed E-state index contributed by atoms with van der Waals surface area (Å²) >= 11 is 0. The van der Waals surface area contributed by atoms with Gasteiger partial charge < -0.3 is 33.8 Å². The highest BCUT2D eigenvalue weighted by Crippen LogP contribution is 2.45. The highest BCUT2D eigenvalue weighted by Gasteiger charge is 2.30. The van der Waals surface area contributed by atoms with Crippen LogP contribution in [0.4, 0.5) is 0 Å². The highest BCUT2D eigenvalue weighted by molar-refractivity contribution is 7.47. The number of hydrogen-bond acceptors (Lipinski definition) is 15. The molecule has 19 heteroatoms. The first-order valence-corrected chi connectivity index (χ1v) is 38.7. The van der Waals surface area contributed by atoms with Gasteiger partial charge in [0.25, 0.3) is 0 Å². The van der Waals surface area contributed by atoms with Crippen molar-refractivity contribution in [1.82, 2.24) is 0 Å². The predicted octanol–water partition coefficient (Wildman–Crippen LogP) is 19.3. The lowest BCUT2D eigenvalue weighted by atomic mass is 9.99. The smallest absolute Gasteiger partial charge is 0.462 e. The van der Waals surface area contributed by atoms with Gasteiger partial charge in [-0.25, -0.2) is 9.13 Å². The molecule has 0 spiro atoms. The zero-order valence-electron chi connectivity index (χ0n) is 57.3. The Bertz CT molecular complexity index is 1750. The standard InChI is InChI=1S/C69H134O17P2/c1-9-62(8)48-40-32-23-17-14-15-18-24-33-41-49-66(71)79-55-64(86-69(74)52-44-36-26-20-22-30-38-46-60(4)5)57-83-87(75,76)81-53-63(70)54-82-88(77,78)84-58-65(56-80-67(72)50-42-34-28-27-31-39-47-61(6)7)85-68(73)51-43-35-25-19-13-11-10-12-16-21-29-37-45-59(2)3/h59-65,70H,9-58H2,1-8H3,(H,75,76)(H,77,78)/t62?,63-,64-,65-/m1/s1. The van der Waals surface area contributed by atoms with Crippen LogP contribution >= 0.6 is 15.6 Å². The van der Waals surface area contributed by atoms with Crippen LogP contribution in [0.2, 0.25) is 0 Å². The van der Waals surface area contributed by atoms with E-state index < -0.39 is 97.5 Å². The number of unbranched alkanes of at least 4 members (excludes halogenated alkanes) is 31. The molecule has 88 heavy (non-hydrogen) atoms. The van der Waals surface area contributed by atoms with Crippen molar-refractivity contribution in [2.45, 2.75) is 356 Å². The van der Waals surface area contributed by atoms with Crippen LogP contribution in [0.15, 0.2) is 0 Å².